The van der Waals surface area contributed by atoms with Gasteiger partial charge in [0.2, 0.25) is 0 Å². The summed E-state index contributed by atoms with van der Waals surface area (Å²) >= 11 is 0. The van der Waals surface area contributed by atoms with Crippen LogP contribution < -0.4 is 10.2 Å². The maximum Gasteiger partial charge on any atom is 0.322 e. The lowest BCUT2D eigenvalue weighted by Gasteiger charge is -2.45. The number of anilines is 1. The normalized spacial score (nSPS) is 20.4. The first-order valence-corrected chi connectivity index (χ1v) is 9.57. The van der Waals surface area contributed by atoms with E-state index >= 15 is 0 Å². The maximum absolute atomic E-state index is 13.0. The van der Waals surface area contributed by atoms with E-state index in [9.17, 15) is 4.79 Å². The number of hydrogen-bond donors (Lipinski definition) is 1. The minimum Gasteiger partial charge on any atom is -0.337 e. The van der Waals surface area contributed by atoms with Gasteiger partial charge in [0.15, 0.2) is 0 Å². The number of nitrogens with zero attached hydrogens (tertiary/aromatic N) is 1. The summed E-state index contributed by atoms with van der Waals surface area (Å²) in [4.78, 5) is 15.0. The Morgan fingerprint density at radius 2 is 2.04 bits per heavy atom. The minimum atomic E-state index is -0.164. The van der Waals surface area contributed by atoms with Crippen LogP contribution in [0.1, 0.15) is 78.2 Å². The lowest BCUT2D eigenvalue weighted by Crippen LogP contribution is -2.55. The molecule has 0 spiro atoms. The predicted octanol–water partition coefficient (Wildman–Crippen LogP) is 5.70. The predicted molar refractivity (Wildman–Crippen MR) is 103 cm³/mol. The zero-order chi connectivity index (χ0) is 17.7. The van der Waals surface area contributed by atoms with Crippen LogP contribution in [0.2, 0.25) is 0 Å². The van der Waals surface area contributed by atoms with Gasteiger partial charge in [0.05, 0.1) is 0 Å². The molecule has 0 aromatic heterocycles. The van der Waals surface area contributed by atoms with Gasteiger partial charge in [-0.25, -0.2) is 4.79 Å². The van der Waals surface area contributed by atoms with Crippen LogP contribution in [-0.4, -0.2) is 18.1 Å². The molecule has 3 nitrogen and oxygen atoms in total. The summed E-state index contributed by atoms with van der Waals surface area (Å²) in [5.74, 6) is 1.06. The van der Waals surface area contributed by atoms with Crippen molar-refractivity contribution in [3.63, 3.8) is 0 Å². The monoisotopic (exact) mass is 330 g/mol. The smallest absolute Gasteiger partial charge is 0.322 e. The zero-order valence-corrected chi connectivity index (χ0v) is 16.1. The van der Waals surface area contributed by atoms with Crippen molar-refractivity contribution in [2.75, 3.05) is 11.4 Å². The van der Waals surface area contributed by atoms with Gasteiger partial charge in [0, 0.05) is 17.8 Å². The van der Waals surface area contributed by atoms with Crippen molar-refractivity contribution in [2.24, 2.45) is 5.92 Å². The highest BCUT2D eigenvalue weighted by atomic mass is 16.2. The number of benzene rings is 1. The molecule has 2 rings (SSSR count). The molecular weight excluding hydrogens is 296 g/mol. The topological polar surface area (TPSA) is 32.3 Å². The zero-order valence-electron chi connectivity index (χ0n) is 16.1. The number of carbonyl (C=O) groups excluding carboxylic acids is 1. The van der Waals surface area contributed by atoms with Crippen molar-refractivity contribution in [1.82, 2.24) is 5.32 Å². The fraction of sp³-hybridized carbons (Fsp3) is 0.667. The molecule has 1 aromatic carbocycles. The SMILES string of the molecule is CCCCC(CC)CNC(=O)N1c2ccccc2C(C)CC1(C)C. The number of carbonyl (C=O) groups is 1. The minimum absolute atomic E-state index is 0.0503. The Balaban J connectivity index is 2.13. The van der Waals surface area contributed by atoms with Crippen molar-refractivity contribution in [1.29, 1.82) is 0 Å². The Kier molecular flexibility index (Phi) is 6.31. The summed E-state index contributed by atoms with van der Waals surface area (Å²) in [6.07, 6.45) is 5.77. The van der Waals surface area contributed by atoms with Crippen molar-refractivity contribution < 1.29 is 4.79 Å². The number of urea groups is 1. The summed E-state index contributed by atoms with van der Waals surface area (Å²) in [6, 6.07) is 8.39. The molecular formula is C21H34N2O. The molecule has 0 radical (unpaired) electrons. The van der Waals surface area contributed by atoms with E-state index in [2.05, 4.69) is 58.1 Å². The van der Waals surface area contributed by atoms with Crippen LogP contribution in [0.3, 0.4) is 0 Å². The molecule has 134 valence electrons. The Morgan fingerprint density at radius 3 is 2.71 bits per heavy atom. The number of unbranched alkanes of at least 4 members (excludes halogenated alkanes) is 1. The van der Waals surface area contributed by atoms with E-state index in [0.717, 1.165) is 25.1 Å². The third-order valence-corrected chi connectivity index (χ3v) is 5.41. The molecule has 1 aliphatic heterocycles. The van der Waals surface area contributed by atoms with E-state index < -0.39 is 0 Å². The molecule has 1 aromatic rings. The quantitative estimate of drug-likeness (QED) is 0.712. The van der Waals surface area contributed by atoms with Crippen LogP contribution in [0.15, 0.2) is 24.3 Å². The number of nitrogens with one attached hydrogen (secondary N) is 1. The summed E-state index contributed by atoms with van der Waals surface area (Å²) in [5.41, 5.74) is 2.19. The van der Waals surface area contributed by atoms with Gasteiger partial charge in [-0.1, -0.05) is 58.2 Å². The van der Waals surface area contributed by atoms with Gasteiger partial charge in [0.1, 0.15) is 0 Å². The molecule has 2 atom stereocenters. The number of fused-ring (bicyclic) bond motifs is 1. The average Bonchev–Trinajstić information content (AvgIpc) is 2.54. The van der Waals surface area contributed by atoms with Crippen LogP contribution in [0.5, 0.6) is 0 Å². The number of hydrogen-bond acceptors (Lipinski definition) is 1. The molecule has 24 heavy (non-hydrogen) atoms. The van der Waals surface area contributed by atoms with Crippen molar-refractivity contribution in [3.8, 4) is 0 Å². The van der Waals surface area contributed by atoms with Gasteiger partial charge in [-0.2, -0.15) is 0 Å². The summed E-state index contributed by atoms with van der Waals surface area (Å²) < 4.78 is 0. The molecule has 3 heteroatoms. The Hall–Kier alpha value is -1.51. The molecule has 0 saturated carbocycles. The Bertz CT molecular complexity index is 553. The van der Waals surface area contributed by atoms with Gasteiger partial charge in [0.25, 0.3) is 0 Å². The lowest BCUT2D eigenvalue weighted by atomic mass is 9.80. The van der Waals surface area contributed by atoms with E-state index in [1.807, 2.05) is 11.0 Å². The van der Waals surface area contributed by atoms with Gasteiger partial charge in [-0.15, -0.1) is 0 Å². The van der Waals surface area contributed by atoms with Gasteiger partial charge in [-0.3, -0.25) is 4.90 Å². The maximum atomic E-state index is 13.0. The second-order valence-corrected chi connectivity index (χ2v) is 7.91. The molecule has 0 fully saturated rings. The second kappa shape index (κ2) is 8.04. The van der Waals surface area contributed by atoms with Crippen LogP contribution in [-0.2, 0) is 0 Å². The molecule has 0 saturated heterocycles. The van der Waals surface area contributed by atoms with E-state index in [1.165, 1.54) is 24.8 Å². The third-order valence-electron chi connectivity index (χ3n) is 5.41. The first kappa shape index (κ1) is 18.8. The van der Waals surface area contributed by atoms with Crippen molar-refractivity contribution in [2.45, 2.75) is 78.2 Å². The van der Waals surface area contributed by atoms with Crippen LogP contribution in [0.4, 0.5) is 10.5 Å². The highest BCUT2D eigenvalue weighted by molar-refractivity contribution is 5.95. The number of rotatable bonds is 6. The van der Waals surface area contributed by atoms with Crippen LogP contribution in [0, 0.1) is 5.92 Å². The Morgan fingerprint density at radius 1 is 1.33 bits per heavy atom. The highest BCUT2D eigenvalue weighted by Gasteiger charge is 2.39. The van der Waals surface area contributed by atoms with Crippen LogP contribution >= 0.6 is 0 Å². The number of amides is 2. The van der Waals surface area contributed by atoms with E-state index in [-0.39, 0.29) is 11.6 Å². The first-order chi connectivity index (χ1) is 11.4. The van der Waals surface area contributed by atoms with Gasteiger partial charge >= 0.3 is 6.03 Å². The largest absolute Gasteiger partial charge is 0.337 e. The lowest BCUT2D eigenvalue weighted by molar-refractivity contribution is 0.233. The van der Waals surface area contributed by atoms with E-state index in [1.54, 1.807) is 0 Å². The van der Waals surface area contributed by atoms with Crippen LogP contribution in [0.25, 0.3) is 0 Å². The second-order valence-electron chi connectivity index (χ2n) is 7.91. The third kappa shape index (κ3) is 4.12. The highest BCUT2D eigenvalue weighted by Crippen LogP contribution is 2.43. The molecule has 0 bridgehead atoms. The Labute approximate surface area is 147 Å². The van der Waals surface area contributed by atoms with Gasteiger partial charge < -0.3 is 5.32 Å². The summed E-state index contributed by atoms with van der Waals surface area (Å²) in [7, 11) is 0. The first-order valence-electron chi connectivity index (χ1n) is 9.57. The fourth-order valence-electron chi connectivity index (χ4n) is 4.02. The summed E-state index contributed by atoms with van der Waals surface area (Å²) in [6.45, 7) is 11.8. The molecule has 2 unspecified atom stereocenters. The fourth-order valence-corrected chi connectivity index (χ4v) is 4.02. The molecule has 1 N–H and O–H groups in total. The molecule has 1 aliphatic rings. The molecule has 0 aliphatic carbocycles. The van der Waals surface area contributed by atoms with E-state index in [0.29, 0.717) is 11.8 Å². The number of para-hydroxylation sites is 1. The average molecular weight is 331 g/mol. The molecule has 2 amide bonds. The van der Waals surface area contributed by atoms with Crippen molar-refractivity contribution >= 4 is 11.7 Å². The molecule has 1 heterocycles. The van der Waals surface area contributed by atoms with Crippen molar-refractivity contribution in [3.05, 3.63) is 29.8 Å². The summed E-state index contributed by atoms with van der Waals surface area (Å²) in [5, 5.41) is 3.21. The van der Waals surface area contributed by atoms with E-state index in [4.69, 9.17) is 0 Å². The van der Waals surface area contributed by atoms with Gasteiger partial charge in [-0.05, 0) is 50.2 Å². The standard InChI is InChI=1S/C21H34N2O/c1-6-8-11-17(7-2)15-22-20(24)23-19-13-10-9-12-18(19)16(3)14-21(23,4)5/h9-10,12-13,16-17H,6-8,11,14-15H2,1-5H3,(H,22,24).